The smallest absolute Gasteiger partial charge is 0.335 e. The van der Waals surface area contributed by atoms with Crippen LogP contribution in [0, 0.1) is 23.7 Å². The van der Waals surface area contributed by atoms with Gasteiger partial charge in [0.25, 0.3) is 0 Å². The lowest BCUT2D eigenvalue weighted by Gasteiger charge is -2.48. The average Bonchev–Trinajstić information content (AvgIpc) is 2.81. The molecule has 184 valence electrons. The molecule has 2 aromatic carbocycles. The van der Waals surface area contributed by atoms with Crippen molar-refractivity contribution in [3.63, 3.8) is 0 Å². The number of ketones is 4. The third-order valence-electron chi connectivity index (χ3n) is 7.73. The molecule has 0 aromatic heterocycles. The van der Waals surface area contributed by atoms with E-state index in [0.29, 0.717) is 16.7 Å². The number of nitrogens with two attached hydrogens (primary N) is 1. The van der Waals surface area contributed by atoms with Gasteiger partial charge in [-0.1, -0.05) is 18.2 Å². The van der Waals surface area contributed by atoms with Gasteiger partial charge in [-0.3, -0.25) is 24.0 Å². The number of fused-ring (bicyclic) bond motifs is 3. The van der Waals surface area contributed by atoms with Gasteiger partial charge in [-0.05, 0) is 53.6 Å². The summed E-state index contributed by atoms with van der Waals surface area (Å²) in [6.45, 7) is 0. The van der Waals surface area contributed by atoms with E-state index in [9.17, 15) is 39.0 Å². The number of phenols is 1. The second kappa shape index (κ2) is 7.92. The molecule has 1 amide bonds. The quantitative estimate of drug-likeness (QED) is 0.448. The summed E-state index contributed by atoms with van der Waals surface area (Å²) < 4.78 is 0. The summed E-state index contributed by atoms with van der Waals surface area (Å²) in [5, 5.41) is 30.9. The highest BCUT2D eigenvalue weighted by Gasteiger charge is 2.66. The van der Waals surface area contributed by atoms with Gasteiger partial charge in [0.2, 0.25) is 5.91 Å². The minimum Gasteiger partial charge on any atom is -0.507 e. The Kier molecular flexibility index (Phi) is 5.18. The van der Waals surface area contributed by atoms with Crippen LogP contribution >= 0.6 is 0 Å². The predicted octanol–water partition coefficient (Wildman–Crippen LogP) is 0.692. The number of aromatic hydroxyl groups is 1. The number of benzene rings is 2. The highest BCUT2D eigenvalue weighted by Crippen LogP contribution is 2.51. The molecule has 5 rings (SSSR count). The van der Waals surface area contributed by atoms with Gasteiger partial charge in [0.1, 0.15) is 5.75 Å². The molecule has 3 aliphatic rings. The van der Waals surface area contributed by atoms with Crippen molar-refractivity contribution in [1.82, 2.24) is 0 Å². The molecule has 0 spiro atoms. The SMILES string of the molecule is NC(=O)C1C(=O)C[C@@H]2C[C@@H]3Cc4c(-c5ccc(C(=O)O)cc5)ccc(O)c4C(=O)C3C(=O)[C@]2(O)C1=O. The maximum absolute atomic E-state index is 13.6. The highest BCUT2D eigenvalue weighted by atomic mass is 16.4. The Morgan fingerprint density at radius 2 is 1.61 bits per heavy atom. The maximum atomic E-state index is 13.6. The van der Waals surface area contributed by atoms with E-state index in [-0.39, 0.29) is 29.7 Å². The van der Waals surface area contributed by atoms with Crippen molar-refractivity contribution < 1.29 is 44.1 Å². The molecule has 36 heavy (non-hydrogen) atoms. The van der Waals surface area contributed by atoms with Crippen molar-refractivity contribution in [2.24, 2.45) is 29.4 Å². The van der Waals surface area contributed by atoms with E-state index in [1.165, 1.54) is 18.2 Å². The lowest BCUT2D eigenvalue weighted by Crippen LogP contribution is -2.68. The first-order chi connectivity index (χ1) is 17.0. The lowest BCUT2D eigenvalue weighted by atomic mass is 9.53. The summed E-state index contributed by atoms with van der Waals surface area (Å²) in [7, 11) is 0. The number of carboxylic acid groups (broad SMARTS) is 1. The molecule has 0 saturated heterocycles. The van der Waals surface area contributed by atoms with Gasteiger partial charge in [0.15, 0.2) is 34.7 Å². The molecule has 3 aliphatic carbocycles. The van der Waals surface area contributed by atoms with Crippen molar-refractivity contribution in [1.29, 1.82) is 0 Å². The van der Waals surface area contributed by atoms with Crippen molar-refractivity contribution >= 4 is 35.0 Å². The number of Topliss-reactive ketones (excluding diaryl/α,β-unsaturated/α-hetero) is 4. The third-order valence-corrected chi connectivity index (χ3v) is 7.73. The van der Waals surface area contributed by atoms with Crippen LogP contribution in [0.4, 0.5) is 0 Å². The molecule has 0 heterocycles. The molecule has 2 fully saturated rings. The van der Waals surface area contributed by atoms with Gasteiger partial charge in [-0.2, -0.15) is 0 Å². The number of aromatic carboxylic acids is 1. The van der Waals surface area contributed by atoms with E-state index in [2.05, 4.69) is 0 Å². The number of hydrogen-bond acceptors (Lipinski definition) is 8. The number of carboxylic acids is 1. The summed E-state index contributed by atoms with van der Waals surface area (Å²) in [6, 6.07) is 8.82. The summed E-state index contributed by atoms with van der Waals surface area (Å²) in [6.07, 6.45) is -0.278. The van der Waals surface area contributed by atoms with Gasteiger partial charge in [0.05, 0.1) is 17.0 Å². The summed E-state index contributed by atoms with van der Waals surface area (Å²) in [4.78, 5) is 75.4. The number of hydrogen-bond donors (Lipinski definition) is 4. The van der Waals surface area contributed by atoms with Crippen LogP contribution in [0.15, 0.2) is 36.4 Å². The molecule has 0 aliphatic heterocycles. The van der Waals surface area contributed by atoms with E-state index in [0.717, 1.165) is 0 Å². The zero-order valence-corrected chi connectivity index (χ0v) is 18.8. The summed E-state index contributed by atoms with van der Waals surface area (Å²) in [5.74, 6) is -11.8. The molecule has 2 unspecified atom stereocenters. The molecule has 2 aromatic rings. The van der Waals surface area contributed by atoms with Crippen LogP contribution in [-0.2, 0) is 25.6 Å². The Balaban J connectivity index is 1.59. The minimum absolute atomic E-state index is 0.00586. The number of carbonyl (C=O) groups excluding carboxylic acids is 5. The Morgan fingerprint density at radius 1 is 0.944 bits per heavy atom. The van der Waals surface area contributed by atoms with E-state index in [1.807, 2.05) is 0 Å². The largest absolute Gasteiger partial charge is 0.507 e. The number of phenolic OH excluding ortho intramolecular Hbond substituents is 1. The van der Waals surface area contributed by atoms with Gasteiger partial charge in [-0.15, -0.1) is 0 Å². The van der Waals surface area contributed by atoms with E-state index in [1.54, 1.807) is 18.2 Å². The fourth-order valence-corrected chi connectivity index (χ4v) is 6.03. The standard InChI is InChI=1S/C26H21NO9/c27-24(33)20-17(29)9-13-7-12-8-15-14(10-1-3-11(4-2-10)25(34)35)5-6-16(28)19(15)21(30)18(12)22(31)26(13,36)23(20)32/h1-6,12-13,18,20,28,36H,7-9H2,(H2,27,33)(H,34,35)/t12-,13+,18?,20?,26+/m1/s1. The first kappa shape index (κ1) is 23.6. The average molecular weight is 491 g/mol. The second-order valence-electron chi connectivity index (χ2n) is 9.61. The van der Waals surface area contributed by atoms with E-state index >= 15 is 0 Å². The van der Waals surface area contributed by atoms with Crippen molar-refractivity contribution in [3.05, 3.63) is 53.1 Å². The van der Waals surface area contributed by atoms with Gasteiger partial charge < -0.3 is 21.1 Å². The van der Waals surface area contributed by atoms with Crippen LogP contribution < -0.4 is 5.73 Å². The molecule has 5 atom stereocenters. The second-order valence-corrected chi connectivity index (χ2v) is 9.61. The van der Waals surface area contributed by atoms with Crippen molar-refractivity contribution in [2.45, 2.75) is 24.9 Å². The zero-order valence-electron chi connectivity index (χ0n) is 18.8. The van der Waals surface area contributed by atoms with Crippen molar-refractivity contribution in [2.75, 3.05) is 0 Å². The van der Waals surface area contributed by atoms with E-state index in [4.69, 9.17) is 10.8 Å². The van der Waals surface area contributed by atoms with Crippen LogP contribution in [0.1, 0.15) is 39.1 Å². The predicted molar refractivity (Wildman–Crippen MR) is 121 cm³/mol. The van der Waals surface area contributed by atoms with Crippen LogP contribution in [0.3, 0.4) is 0 Å². The van der Waals surface area contributed by atoms with Crippen LogP contribution in [0.2, 0.25) is 0 Å². The number of carbonyl (C=O) groups is 6. The maximum Gasteiger partial charge on any atom is 0.335 e. The fourth-order valence-electron chi connectivity index (χ4n) is 6.03. The Bertz CT molecular complexity index is 1390. The highest BCUT2D eigenvalue weighted by molar-refractivity contribution is 6.31. The lowest BCUT2D eigenvalue weighted by molar-refractivity contribution is -0.175. The van der Waals surface area contributed by atoms with Crippen molar-refractivity contribution in [3.8, 4) is 16.9 Å². The number of primary amides is 1. The van der Waals surface area contributed by atoms with Crippen LogP contribution in [0.25, 0.3) is 11.1 Å². The molecular formula is C26H21NO9. The molecule has 0 radical (unpaired) electrons. The molecule has 10 nitrogen and oxygen atoms in total. The number of aliphatic hydroxyl groups is 1. The first-order valence-electron chi connectivity index (χ1n) is 11.3. The third kappa shape index (κ3) is 3.14. The Morgan fingerprint density at radius 3 is 2.22 bits per heavy atom. The normalized spacial score (nSPS) is 29.2. The summed E-state index contributed by atoms with van der Waals surface area (Å²) >= 11 is 0. The van der Waals surface area contributed by atoms with Crippen LogP contribution in [0.5, 0.6) is 5.75 Å². The topological polar surface area (TPSA) is 189 Å². The van der Waals surface area contributed by atoms with Gasteiger partial charge in [0, 0.05) is 12.3 Å². The van der Waals surface area contributed by atoms with Gasteiger partial charge in [-0.25, -0.2) is 4.79 Å². The number of rotatable bonds is 3. The molecule has 10 heteroatoms. The first-order valence-corrected chi connectivity index (χ1v) is 11.3. The Hall–Kier alpha value is -4.18. The van der Waals surface area contributed by atoms with Crippen LogP contribution in [-0.4, -0.2) is 55.9 Å². The van der Waals surface area contributed by atoms with Gasteiger partial charge >= 0.3 is 5.97 Å². The van der Waals surface area contributed by atoms with E-state index < -0.39 is 70.7 Å². The monoisotopic (exact) mass is 491 g/mol. The Labute approximate surface area is 203 Å². The zero-order chi connectivity index (χ0) is 26.1. The minimum atomic E-state index is -2.69. The molecule has 2 saturated carbocycles. The molecular weight excluding hydrogens is 470 g/mol. The summed E-state index contributed by atoms with van der Waals surface area (Å²) in [5.41, 5.74) is 4.04. The number of amides is 1. The molecule has 0 bridgehead atoms. The fraction of sp³-hybridized carbons (Fsp3) is 0.308. The molecule has 5 N–H and O–H groups in total.